The van der Waals surface area contributed by atoms with Crippen LogP contribution in [-0.4, -0.2) is 26.4 Å². The van der Waals surface area contributed by atoms with Crippen molar-refractivity contribution in [3.05, 3.63) is 78.8 Å². The Labute approximate surface area is 182 Å². The van der Waals surface area contributed by atoms with Crippen LogP contribution in [-0.2, 0) is 0 Å². The third kappa shape index (κ3) is 4.28. The molecule has 0 bridgehead atoms. The Hall–Kier alpha value is -3.00. The van der Waals surface area contributed by atoms with Crippen molar-refractivity contribution < 1.29 is 44.2 Å². The van der Waals surface area contributed by atoms with Gasteiger partial charge in [-0.25, -0.2) is 0 Å². The zero-order chi connectivity index (χ0) is 18.6. The van der Waals surface area contributed by atoms with Crippen molar-refractivity contribution in [3.63, 3.8) is 0 Å². The molecule has 4 aromatic rings. The van der Waals surface area contributed by atoms with Crippen LogP contribution in [0.1, 0.15) is 10.5 Å². The second-order valence-corrected chi connectivity index (χ2v) is 5.72. The van der Waals surface area contributed by atoms with E-state index in [1.807, 2.05) is 54.7 Å². The Morgan fingerprint density at radius 2 is 1.50 bits per heavy atom. The van der Waals surface area contributed by atoms with Crippen LogP contribution >= 0.6 is 0 Å². The van der Waals surface area contributed by atoms with Gasteiger partial charge in [0.25, 0.3) is 5.88 Å². The Balaban J connectivity index is 0.00000225. The molecule has 0 aliphatic heterocycles. The van der Waals surface area contributed by atoms with E-state index < -0.39 is 5.97 Å². The van der Waals surface area contributed by atoms with Gasteiger partial charge in [-0.15, -0.1) is 0 Å². The number of carbonyl (C=O) groups is 1. The van der Waals surface area contributed by atoms with Crippen LogP contribution in [0.15, 0.2) is 73.1 Å². The Bertz CT molecular complexity index is 1060. The zero-order valence-electron chi connectivity index (χ0n) is 15.0. The average Bonchev–Trinajstić information content (AvgIpc) is 3.18. The third-order valence-corrected chi connectivity index (χ3v) is 4.00. The molecule has 8 heteroatoms. The fourth-order valence-electron chi connectivity index (χ4n) is 2.64. The van der Waals surface area contributed by atoms with Gasteiger partial charge in [-0.1, -0.05) is 52.8 Å². The number of nitrogens with one attached hydrogen (secondary N) is 1. The molecule has 28 heavy (non-hydrogen) atoms. The first-order chi connectivity index (χ1) is 13.2. The second-order valence-electron chi connectivity index (χ2n) is 5.72. The molecule has 0 aliphatic rings. The number of carbonyl (C=O) groups excluding carboxylic acids is 1. The van der Waals surface area contributed by atoms with Gasteiger partial charge >= 0.3 is 29.6 Å². The number of carboxylic acids is 1. The maximum absolute atomic E-state index is 10.9. The number of hydrogen-bond acceptors (Lipinski definition) is 6. The quantitative estimate of drug-likeness (QED) is 0.477. The topological polar surface area (TPSA) is 104 Å². The first-order valence-corrected chi connectivity index (χ1v) is 8.12. The van der Waals surface area contributed by atoms with Crippen molar-refractivity contribution in [2.24, 2.45) is 0 Å². The summed E-state index contributed by atoms with van der Waals surface area (Å²) < 4.78 is 5.45. The Morgan fingerprint density at radius 3 is 2.07 bits per heavy atom. The molecular weight excluding hydrogens is 367 g/mol. The van der Waals surface area contributed by atoms with E-state index in [9.17, 15) is 9.90 Å². The Morgan fingerprint density at radius 1 is 0.893 bits per heavy atom. The minimum Gasteiger partial charge on any atom is -0.543 e. The first-order valence-electron chi connectivity index (χ1n) is 8.12. The van der Waals surface area contributed by atoms with Crippen LogP contribution < -0.4 is 39.4 Å². The van der Waals surface area contributed by atoms with Crippen LogP contribution in [0.5, 0.6) is 11.6 Å². The minimum atomic E-state index is -1.43. The van der Waals surface area contributed by atoms with Gasteiger partial charge in [0.2, 0.25) is 0 Å². The van der Waals surface area contributed by atoms with Crippen molar-refractivity contribution >= 4 is 5.97 Å². The van der Waals surface area contributed by atoms with Gasteiger partial charge in [0.1, 0.15) is 11.4 Å². The van der Waals surface area contributed by atoms with Gasteiger partial charge in [0.15, 0.2) is 0 Å². The molecule has 0 amide bonds. The van der Waals surface area contributed by atoms with Crippen LogP contribution in [0.4, 0.5) is 0 Å². The first kappa shape index (κ1) is 19.8. The number of carboxylic acid groups (broad SMARTS) is 1. The zero-order valence-corrected chi connectivity index (χ0v) is 17.0. The van der Waals surface area contributed by atoms with Gasteiger partial charge in [-0.05, 0) is 40.5 Å². The summed E-state index contributed by atoms with van der Waals surface area (Å²) in [5.74, 6) is -1.12. The summed E-state index contributed by atoms with van der Waals surface area (Å²) in [5, 5.41) is 20.2. The van der Waals surface area contributed by atoms with Crippen molar-refractivity contribution in [1.29, 1.82) is 0 Å². The van der Waals surface area contributed by atoms with Crippen molar-refractivity contribution in [2.45, 2.75) is 0 Å². The number of H-pyrrole nitrogens is 1. The van der Waals surface area contributed by atoms with Gasteiger partial charge < -0.3 is 14.6 Å². The standard InChI is InChI=1S/C20H14N4O3.Na/c25-20(26)18-19(23-24-22-18)27-17-9-7-14(8-10-17)13-3-5-15(6-4-13)16-2-1-11-21-12-16;/h1-12H,(H,25,26)(H,22,23,24);/q;+1/p-1. The van der Waals surface area contributed by atoms with E-state index in [1.54, 1.807) is 18.3 Å². The van der Waals surface area contributed by atoms with Gasteiger partial charge in [0.05, 0.1) is 5.97 Å². The summed E-state index contributed by atoms with van der Waals surface area (Å²) in [7, 11) is 0. The van der Waals surface area contributed by atoms with E-state index in [0.29, 0.717) is 5.75 Å². The predicted molar refractivity (Wildman–Crippen MR) is 95.9 cm³/mol. The number of hydrogen-bond donors (Lipinski definition) is 1. The molecule has 2 aromatic heterocycles. The van der Waals surface area contributed by atoms with E-state index in [2.05, 4.69) is 20.4 Å². The van der Waals surface area contributed by atoms with Gasteiger partial charge in [-0.3, -0.25) is 10.1 Å². The number of ether oxygens (including phenoxy) is 1. The number of rotatable bonds is 5. The summed E-state index contributed by atoms with van der Waals surface area (Å²) in [6, 6.07) is 19.3. The largest absolute Gasteiger partial charge is 1.00 e. The number of pyridine rings is 1. The van der Waals surface area contributed by atoms with E-state index in [1.165, 1.54) is 0 Å². The number of nitrogens with zero attached hydrogens (tertiary/aromatic N) is 3. The number of benzene rings is 2. The molecule has 2 aromatic carbocycles. The maximum Gasteiger partial charge on any atom is 1.00 e. The molecule has 4 rings (SSSR count). The summed E-state index contributed by atoms with van der Waals surface area (Å²) in [4.78, 5) is 15.1. The van der Waals surface area contributed by atoms with Crippen LogP contribution in [0.2, 0.25) is 0 Å². The molecule has 132 valence electrons. The molecule has 2 heterocycles. The SMILES string of the molecule is O=C([O-])c1[nH]nnc1Oc1ccc(-c2ccc(-c3cccnc3)cc2)cc1.[Na+]. The van der Waals surface area contributed by atoms with E-state index in [-0.39, 0.29) is 41.1 Å². The van der Waals surface area contributed by atoms with E-state index >= 15 is 0 Å². The van der Waals surface area contributed by atoms with Crippen molar-refractivity contribution in [2.75, 3.05) is 0 Å². The minimum absolute atomic E-state index is 0. The summed E-state index contributed by atoms with van der Waals surface area (Å²) in [6.07, 6.45) is 3.57. The van der Waals surface area contributed by atoms with Gasteiger partial charge in [0, 0.05) is 12.4 Å². The fraction of sp³-hybridized carbons (Fsp3) is 0. The number of aromatic nitrogens is 4. The molecule has 0 saturated heterocycles. The molecule has 1 N–H and O–H groups in total. The smallest absolute Gasteiger partial charge is 0.543 e. The summed E-state index contributed by atoms with van der Waals surface area (Å²) in [6.45, 7) is 0. The molecular formula is C20H13N4NaO3. The molecule has 0 spiro atoms. The summed E-state index contributed by atoms with van der Waals surface area (Å²) in [5.41, 5.74) is 3.90. The molecule has 0 fully saturated rings. The monoisotopic (exact) mass is 380 g/mol. The fourth-order valence-corrected chi connectivity index (χ4v) is 2.64. The molecule has 0 aliphatic carbocycles. The normalized spacial score (nSPS) is 10.1. The van der Waals surface area contributed by atoms with Gasteiger partial charge in [-0.2, -0.15) is 0 Å². The number of aromatic amines is 1. The predicted octanol–water partition coefficient (Wildman–Crippen LogP) is -0.307. The Kier molecular flexibility index (Phi) is 6.20. The van der Waals surface area contributed by atoms with Crippen LogP contribution in [0, 0.1) is 0 Å². The molecule has 0 saturated carbocycles. The molecule has 0 unspecified atom stereocenters. The third-order valence-electron chi connectivity index (χ3n) is 4.00. The van der Waals surface area contributed by atoms with Crippen molar-refractivity contribution in [3.8, 4) is 33.9 Å². The van der Waals surface area contributed by atoms with E-state index in [4.69, 9.17) is 4.74 Å². The molecule has 7 nitrogen and oxygen atoms in total. The van der Waals surface area contributed by atoms with Crippen LogP contribution in [0.25, 0.3) is 22.3 Å². The van der Waals surface area contributed by atoms with Crippen LogP contribution in [0.3, 0.4) is 0 Å². The molecule has 0 radical (unpaired) electrons. The average molecular weight is 380 g/mol. The summed E-state index contributed by atoms with van der Waals surface area (Å²) >= 11 is 0. The number of aromatic carboxylic acids is 1. The maximum atomic E-state index is 10.9. The molecule has 0 atom stereocenters. The second kappa shape index (κ2) is 8.79. The van der Waals surface area contributed by atoms with Crippen molar-refractivity contribution in [1.82, 2.24) is 20.4 Å². The van der Waals surface area contributed by atoms with E-state index in [0.717, 1.165) is 22.3 Å².